The number of hydrogen-bond donors (Lipinski definition) is 0. The van der Waals surface area contributed by atoms with Crippen molar-refractivity contribution in [2.45, 2.75) is 19.8 Å². The van der Waals surface area contributed by atoms with Gasteiger partial charge in [-0.25, -0.2) is 4.68 Å². The van der Waals surface area contributed by atoms with Crippen LogP contribution in [0.25, 0.3) is 16.9 Å². The predicted molar refractivity (Wildman–Crippen MR) is 94.1 cm³/mol. The molecule has 0 bridgehead atoms. The lowest BCUT2D eigenvalue weighted by molar-refractivity contribution is 0.414. The molecule has 117 valence electrons. The topological polar surface area (TPSA) is 27.1 Å². The maximum atomic E-state index is 5.24. The van der Waals surface area contributed by atoms with E-state index >= 15 is 0 Å². The van der Waals surface area contributed by atoms with Gasteiger partial charge in [0, 0.05) is 5.56 Å². The van der Waals surface area contributed by atoms with Gasteiger partial charge in [0.05, 0.1) is 24.2 Å². The van der Waals surface area contributed by atoms with Crippen molar-refractivity contribution in [1.29, 1.82) is 0 Å². The van der Waals surface area contributed by atoms with Crippen molar-refractivity contribution in [2.75, 3.05) is 7.11 Å². The Kier molecular flexibility index (Phi) is 4.20. The van der Waals surface area contributed by atoms with Crippen molar-refractivity contribution in [3.63, 3.8) is 0 Å². The summed E-state index contributed by atoms with van der Waals surface area (Å²) in [6.07, 6.45) is 0. The van der Waals surface area contributed by atoms with Crippen LogP contribution in [0.3, 0.4) is 0 Å². The smallest absolute Gasteiger partial charge is 0.119 e. The summed E-state index contributed by atoms with van der Waals surface area (Å²) in [5.41, 5.74) is 5.32. The monoisotopic (exact) mass is 305 g/mol. The molecule has 0 atom stereocenters. The molecule has 0 fully saturated rings. The number of benzene rings is 2. The SMILES string of the molecule is [CH2]c1ccc(-c2cc(C(C)C)nn2-c2ccc(OC)cc2)cc1. The van der Waals surface area contributed by atoms with Gasteiger partial charge in [0.25, 0.3) is 0 Å². The number of nitrogens with zero attached hydrogens (tertiary/aromatic N) is 2. The van der Waals surface area contributed by atoms with E-state index in [2.05, 4.69) is 39.0 Å². The first-order chi connectivity index (χ1) is 11.1. The molecule has 0 saturated carbocycles. The lowest BCUT2D eigenvalue weighted by Gasteiger charge is -2.09. The summed E-state index contributed by atoms with van der Waals surface area (Å²) >= 11 is 0. The molecular formula is C20H21N2O. The van der Waals surface area contributed by atoms with Crippen LogP contribution in [-0.4, -0.2) is 16.9 Å². The van der Waals surface area contributed by atoms with Crippen LogP contribution >= 0.6 is 0 Å². The summed E-state index contributed by atoms with van der Waals surface area (Å²) in [7, 11) is 1.67. The Hall–Kier alpha value is -2.55. The molecule has 23 heavy (non-hydrogen) atoms. The highest BCUT2D eigenvalue weighted by Crippen LogP contribution is 2.27. The van der Waals surface area contributed by atoms with Crippen LogP contribution in [0.4, 0.5) is 0 Å². The Morgan fingerprint density at radius 2 is 1.65 bits per heavy atom. The largest absolute Gasteiger partial charge is 0.497 e. The quantitative estimate of drug-likeness (QED) is 0.688. The van der Waals surface area contributed by atoms with Crippen molar-refractivity contribution in [1.82, 2.24) is 9.78 Å². The lowest BCUT2D eigenvalue weighted by atomic mass is 10.1. The van der Waals surface area contributed by atoms with E-state index in [1.54, 1.807) is 7.11 Å². The van der Waals surface area contributed by atoms with Gasteiger partial charge in [-0.05, 0) is 48.7 Å². The van der Waals surface area contributed by atoms with Gasteiger partial charge in [0.2, 0.25) is 0 Å². The van der Waals surface area contributed by atoms with Crippen LogP contribution in [0.5, 0.6) is 5.75 Å². The Morgan fingerprint density at radius 3 is 2.22 bits per heavy atom. The highest BCUT2D eigenvalue weighted by Gasteiger charge is 2.13. The summed E-state index contributed by atoms with van der Waals surface area (Å²) in [5.74, 6) is 1.22. The molecule has 0 unspecified atom stereocenters. The maximum Gasteiger partial charge on any atom is 0.119 e. The average Bonchev–Trinajstić information content (AvgIpc) is 3.01. The molecule has 0 aliphatic heterocycles. The molecule has 3 nitrogen and oxygen atoms in total. The van der Waals surface area contributed by atoms with E-state index in [0.29, 0.717) is 5.92 Å². The second-order valence-corrected chi connectivity index (χ2v) is 5.92. The van der Waals surface area contributed by atoms with E-state index in [9.17, 15) is 0 Å². The highest BCUT2D eigenvalue weighted by atomic mass is 16.5. The Bertz CT molecular complexity index is 784. The fraction of sp³-hybridized carbons (Fsp3) is 0.200. The molecule has 2 aromatic carbocycles. The molecule has 3 rings (SSSR count). The summed E-state index contributed by atoms with van der Waals surface area (Å²) in [6, 6.07) is 18.3. The van der Waals surface area contributed by atoms with E-state index in [1.165, 1.54) is 0 Å². The number of rotatable bonds is 4. The molecule has 0 aliphatic carbocycles. The van der Waals surface area contributed by atoms with Crippen molar-refractivity contribution in [2.24, 2.45) is 0 Å². The minimum absolute atomic E-state index is 0.375. The molecule has 3 aromatic rings. The van der Waals surface area contributed by atoms with Gasteiger partial charge in [-0.2, -0.15) is 5.10 Å². The minimum Gasteiger partial charge on any atom is -0.497 e. The third kappa shape index (κ3) is 3.14. The normalized spacial score (nSPS) is 11.0. The van der Waals surface area contributed by atoms with Gasteiger partial charge in [0.15, 0.2) is 0 Å². The summed E-state index contributed by atoms with van der Waals surface area (Å²) in [6.45, 7) is 8.26. The minimum atomic E-state index is 0.375. The van der Waals surface area contributed by atoms with Crippen LogP contribution in [0, 0.1) is 6.92 Å². The van der Waals surface area contributed by atoms with Crippen molar-refractivity contribution in [3.05, 3.63) is 72.8 Å². The molecule has 1 aromatic heterocycles. The molecule has 0 N–H and O–H groups in total. The molecule has 0 aliphatic rings. The second kappa shape index (κ2) is 6.29. The van der Waals surface area contributed by atoms with Gasteiger partial charge in [-0.3, -0.25) is 0 Å². The molecule has 0 saturated heterocycles. The van der Waals surface area contributed by atoms with Gasteiger partial charge in [0.1, 0.15) is 5.75 Å². The van der Waals surface area contributed by atoms with Gasteiger partial charge in [-0.1, -0.05) is 38.1 Å². The zero-order valence-corrected chi connectivity index (χ0v) is 13.8. The fourth-order valence-corrected chi connectivity index (χ4v) is 2.48. The number of hydrogen-bond acceptors (Lipinski definition) is 2. The fourth-order valence-electron chi connectivity index (χ4n) is 2.48. The van der Waals surface area contributed by atoms with E-state index < -0.39 is 0 Å². The van der Waals surface area contributed by atoms with Crippen LogP contribution in [0.1, 0.15) is 31.0 Å². The Labute approximate surface area is 137 Å². The highest BCUT2D eigenvalue weighted by molar-refractivity contribution is 5.63. The van der Waals surface area contributed by atoms with Crippen molar-refractivity contribution in [3.8, 4) is 22.7 Å². The predicted octanol–water partition coefficient (Wildman–Crippen LogP) is 4.85. The maximum absolute atomic E-state index is 5.24. The van der Waals surface area contributed by atoms with Crippen LogP contribution in [0.2, 0.25) is 0 Å². The number of ether oxygens (including phenoxy) is 1. The zero-order chi connectivity index (χ0) is 16.4. The summed E-state index contributed by atoms with van der Waals surface area (Å²) < 4.78 is 7.23. The third-order valence-corrected chi connectivity index (χ3v) is 3.89. The average molecular weight is 305 g/mol. The van der Waals surface area contributed by atoms with Gasteiger partial charge < -0.3 is 4.74 Å². The summed E-state index contributed by atoms with van der Waals surface area (Å²) in [5, 5.41) is 4.79. The Morgan fingerprint density at radius 1 is 1.00 bits per heavy atom. The van der Waals surface area contributed by atoms with Crippen molar-refractivity contribution >= 4 is 0 Å². The first-order valence-corrected chi connectivity index (χ1v) is 7.75. The van der Waals surface area contributed by atoms with E-state index in [1.807, 2.05) is 41.1 Å². The van der Waals surface area contributed by atoms with Crippen molar-refractivity contribution < 1.29 is 4.74 Å². The molecule has 1 radical (unpaired) electrons. The van der Waals surface area contributed by atoms with E-state index in [-0.39, 0.29) is 0 Å². The summed E-state index contributed by atoms with van der Waals surface area (Å²) in [4.78, 5) is 0. The molecule has 0 spiro atoms. The molecule has 1 heterocycles. The van der Waals surface area contributed by atoms with E-state index in [4.69, 9.17) is 9.84 Å². The molecule has 3 heteroatoms. The second-order valence-electron chi connectivity index (χ2n) is 5.92. The number of methoxy groups -OCH3 is 1. The van der Waals surface area contributed by atoms with Gasteiger partial charge >= 0.3 is 0 Å². The van der Waals surface area contributed by atoms with Crippen LogP contribution in [-0.2, 0) is 0 Å². The van der Waals surface area contributed by atoms with Crippen LogP contribution in [0.15, 0.2) is 54.6 Å². The lowest BCUT2D eigenvalue weighted by Crippen LogP contribution is -2.00. The standard InChI is InChI=1S/C20H21N2O/c1-14(2)19-13-20(16-7-5-15(3)6-8-16)22(21-19)17-9-11-18(23-4)12-10-17/h5-14H,3H2,1-2,4H3. The third-order valence-electron chi connectivity index (χ3n) is 3.89. The first kappa shape index (κ1) is 15.3. The zero-order valence-electron chi connectivity index (χ0n) is 13.8. The number of aromatic nitrogens is 2. The van der Waals surface area contributed by atoms with E-state index in [0.717, 1.165) is 34.0 Å². The first-order valence-electron chi connectivity index (χ1n) is 7.75. The van der Waals surface area contributed by atoms with Gasteiger partial charge in [-0.15, -0.1) is 0 Å². The molecular weight excluding hydrogens is 284 g/mol. The Balaban J connectivity index is 2.12. The molecule has 0 amide bonds. The van der Waals surface area contributed by atoms with Crippen LogP contribution < -0.4 is 4.74 Å².